The maximum Gasteiger partial charge on any atom is 0.261 e. The van der Waals surface area contributed by atoms with E-state index in [4.69, 9.17) is 5.73 Å². The van der Waals surface area contributed by atoms with Crippen LogP contribution in [-0.2, 0) is 16.6 Å². The molecule has 3 N–H and O–H groups in total. The summed E-state index contributed by atoms with van der Waals surface area (Å²) in [6.45, 7) is 2.00. The van der Waals surface area contributed by atoms with Crippen molar-refractivity contribution in [1.82, 2.24) is 5.32 Å². The summed E-state index contributed by atoms with van der Waals surface area (Å²) in [5.74, 6) is -0.466. The Kier molecular flexibility index (Phi) is 2.10. The number of anilines is 1. The number of rotatable bonds is 1. The first kappa shape index (κ1) is 10.8. The Balaban J connectivity index is 2.35. The second-order valence-electron chi connectivity index (χ2n) is 4.71. The van der Waals surface area contributed by atoms with Gasteiger partial charge in [-0.2, -0.15) is 0 Å². The van der Waals surface area contributed by atoms with Crippen molar-refractivity contribution in [1.29, 1.82) is 0 Å². The molecule has 1 aliphatic carbocycles. The smallest absolute Gasteiger partial charge is 0.261 e. The van der Waals surface area contributed by atoms with Gasteiger partial charge in [0.05, 0.1) is 16.0 Å². The number of nitrogens with one attached hydrogen (secondary N) is 1. The summed E-state index contributed by atoms with van der Waals surface area (Å²) < 4.78 is 0. The predicted molar refractivity (Wildman–Crippen MR) is 66.1 cm³/mol. The molecule has 0 radical (unpaired) electrons. The van der Waals surface area contributed by atoms with Crippen molar-refractivity contribution in [2.24, 2.45) is 0 Å². The summed E-state index contributed by atoms with van der Waals surface area (Å²) in [6, 6.07) is 0. The molecular formula is C12H14N2O2S. The van der Waals surface area contributed by atoms with Crippen molar-refractivity contribution < 1.29 is 9.59 Å². The number of thiophene rings is 1. The van der Waals surface area contributed by atoms with Gasteiger partial charge in [0.15, 0.2) is 0 Å². The van der Waals surface area contributed by atoms with E-state index in [1.165, 1.54) is 11.3 Å². The van der Waals surface area contributed by atoms with Crippen LogP contribution in [0.4, 0.5) is 5.00 Å². The van der Waals surface area contributed by atoms with E-state index in [9.17, 15) is 9.59 Å². The molecule has 0 aromatic carbocycles. The van der Waals surface area contributed by atoms with Gasteiger partial charge in [-0.1, -0.05) is 6.92 Å². The van der Waals surface area contributed by atoms with Gasteiger partial charge in [-0.3, -0.25) is 14.9 Å². The first-order valence-corrected chi connectivity index (χ1v) is 6.69. The summed E-state index contributed by atoms with van der Waals surface area (Å²) >= 11 is 1.47. The summed E-state index contributed by atoms with van der Waals surface area (Å²) in [5.41, 5.74) is 6.91. The second kappa shape index (κ2) is 3.32. The second-order valence-corrected chi connectivity index (χ2v) is 5.85. The maximum atomic E-state index is 12.2. The van der Waals surface area contributed by atoms with Crippen molar-refractivity contribution >= 4 is 28.2 Å². The number of hydrogen-bond donors (Lipinski definition) is 2. The highest BCUT2D eigenvalue weighted by molar-refractivity contribution is 7.16. The van der Waals surface area contributed by atoms with Crippen molar-refractivity contribution in [3.63, 3.8) is 0 Å². The summed E-state index contributed by atoms with van der Waals surface area (Å²) in [7, 11) is 0. The summed E-state index contributed by atoms with van der Waals surface area (Å²) in [5, 5.41) is 3.02. The fourth-order valence-electron chi connectivity index (χ4n) is 3.11. The third-order valence-corrected chi connectivity index (χ3v) is 5.07. The zero-order chi connectivity index (χ0) is 12.2. The van der Waals surface area contributed by atoms with Crippen LogP contribution in [0.3, 0.4) is 0 Å². The zero-order valence-corrected chi connectivity index (χ0v) is 10.4. The monoisotopic (exact) mass is 250 g/mol. The first-order valence-electron chi connectivity index (χ1n) is 5.87. The molecule has 1 aromatic rings. The number of hydrogen-bond acceptors (Lipinski definition) is 4. The summed E-state index contributed by atoms with van der Waals surface area (Å²) in [6.07, 6.45) is 3.47. The predicted octanol–water partition coefficient (Wildman–Crippen LogP) is 1.58. The molecule has 2 amide bonds. The highest BCUT2D eigenvalue weighted by Crippen LogP contribution is 2.49. The number of imide groups is 1. The van der Waals surface area contributed by atoms with E-state index in [0.29, 0.717) is 10.6 Å². The topological polar surface area (TPSA) is 72.2 Å². The molecule has 17 heavy (non-hydrogen) atoms. The zero-order valence-electron chi connectivity index (χ0n) is 9.63. The third kappa shape index (κ3) is 1.17. The fraction of sp³-hybridized carbons (Fsp3) is 0.500. The van der Waals surface area contributed by atoms with Gasteiger partial charge in [0.25, 0.3) is 5.91 Å². The number of nitrogens with two attached hydrogens (primary N) is 1. The quantitative estimate of drug-likeness (QED) is 0.743. The van der Waals surface area contributed by atoms with Crippen LogP contribution >= 0.6 is 11.3 Å². The Morgan fingerprint density at radius 3 is 2.94 bits per heavy atom. The van der Waals surface area contributed by atoms with Gasteiger partial charge in [-0.25, -0.2) is 0 Å². The van der Waals surface area contributed by atoms with E-state index in [0.717, 1.165) is 36.1 Å². The summed E-state index contributed by atoms with van der Waals surface area (Å²) in [4.78, 5) is 25.2. The highest BCUT2D eigenvalue weighted by Gasteiger charge is 2.50. The average molecular weight is 250 g/mol. The minimum absolute atomic E-state index is 0.142. The molecule has 5 heteroatoms. The molecule has 0 spiro atoms. The van der Waals surface area contributed by atoms with Crippen LogP contribution in [0.25, 0.3) is 0 Å². The Morgan fingerprint density at radius 1 is 1.47 bits per heavy atom. The molecule has 0 fully saturated rings. The van der Waals surface area contributed by atoms with Crippen LogP contribution in [0.15, 0.2) is 0 Å². The maximum absolute atomic E-state index is 12.2. The van der Waals surface area contributed by atoms with E-state index in [2.05, 4.69) is 5.32 Å². The standard InChI is InChI=1S/C12H14N2O2S/c1-2-12-5-3-4-6-8(12)7(9(13)17-6)10(15)14-11(12)16/h2-5,13H2,1H3,(H,14,15,16). The lowest BCUT2D eigenvalue weighted by Gasteiger charge is -2.38. The fourth-order valence-corrected chi connectivity index (χ4v) is 4.32. The highest BCUT2D eigenvalue weighted by atomic mass is 32.1. The van der Waals surface area contributed by atoms with Crippen LogP contribution in [-0.4, -0.2) is 11.8 Å². The molecule has 0 saturated heterocycles. The molecule has 2 aliphatic rings. The Labute approximate surface area is 103 Å². The van der Waals surface area contributed by atoms with E-state index in [1.54, 1.807) is 0 Å². The lowest BCUT2D eigenvalue weighted by Crippen LogP contribution is -2.52. The minimum Gasteiger partial charge on any atom is -0.390 e. The van der Waals surface area contributed by atoms with Gasteiger partial charge in [0.1, 0.15) is 0 Å². The van der Waals surface area contributed by atoms with Crippen molar-refractivity contribution in [3.8, 4) is 0 Å². The molecule has 1 unspecified atom stereocenters. The van der Waals surface area contributed by atoms with Gasteiger partial charge < -0.3 is 5.73 Å². The molecule has 90 valence electrons. The van der Waals surface area contributed by atoms with Gasteiger partial charge in [-0.05, 0) is 31.2 Å². The number of amides is 2. The van der Waals surface area contributed by atoms with Crippen molar-refractivity contribution in [2.75, 3.05) is 5.73 Å². The number of carbonyl (C=O) groups excluding carboxylic acids is 2. The van der Waals surface area contributed by atoms with E-state index >= 15 is 0 Å². The van der Waals surface area contributed by atoms with Gasteiger partial charge in [0, 0.05) is 4.88 Å². The van der Waals surface area contributed by atoms with Crippen LogP contribution in [0.1, 0.15) is 47.0 Å². The minimum atomic E-state index is -0.509. The molecule has 1 atom stereocenters. The number of aryl methyl sites for hydroxylation is 1. The van der Waals surface area contributed by atoms with Crippen LogP contribution in [0, 0.1) is 0 Å². The molecule has 0 saturated carbocycles. The Hall–Kier alpha value is -1.36. The van der Waals surface area contributed by atoms with Crippen molar-refractivity contribution in [2.45, 2.75) is 38.0 Å². The van der Waals surface area contributed by atoms with E-state index < -0.39 is 5.41 Å². The number of nitrogen functional groups attached to an aromatic ring is 1. The van der Waals surface area contributed by atoms with Crippen LogP contribution in [0.5, 0.6) is 0 Å². The molecule has 3 rings (SSSR count). The molecule has 0 bridgehead atoms. The first-order chi connectivity index (χ1) is 8.10. The van der Waals surface area contributed by atoms with E-state index in [-0.39, 0.29) is 11.8 Å². The largest absolute Gasteiger partial charge is 0.390 e. The Morgan fingerprint density at radius 2 is 2.24 bits per heavy atom. The lowest BCUT2D eigenvalue weighted by atomic mass is 9.67. The molecule has 1 aliphatic heterocycles. The molecule has 2 heterocycles. The average Bonchev–Trinajstić information content (AvgIpc) is 2.64. The third-order valence-electron chi connectivity index (χ3n) is 3.99. The van der Waals surface area contributed by atoms with Crippen LogP contribution < -0.4 is 11.1 Å². The molecule has 4 nitrogen and oxygen atoms in total. The van der Waals surface area contributed by atoms with Crippen LogP contribution in [0.2, 0.25) is 0 Å². The van der Waals surface area contributed by atoms with Gasteiger partial charge in [-0.15, -0.1) is 11.3 Å². The van der Waals surface area contributed by atoms with E-state index in [1.807, 2.05) is 6.92 Å². The molecule has 1 aromatic heterocycles. The normalized spacial score (nSPS) is 26.6. The SMILES string of the molecule is CCC12CCCc3sc(N)c(c31)C(=O)NC2=O. The Bertz CT molecular complexity index is 535. The van der Waals surface area contributed by atoms with Gasteiger partial charge >= 0.3 is 0 Å². The number of carbonyl (C=O) groups is 2. The molecular weight excluding hydrogens is 236 g/mol. The lowest BCUT2D eigenvalue weighted by molar-refractivity contribution is -0.127. The van der Waals surface area contributed by atoms with Crippen molar-refractivity contribution in [3.05, 3.63) is 16.0 Å². The van der Waals surface area contributed by atoms with Gasteiger partial charge in [0.2, 0.25) is 5.91 Å².